The van der Waals surface area contributed by atoms with Gasteiger partial charge >= 0.3 is 0 Å². The number of amides is 1. The lowest BCUT2D eigenvalue weighted by atomic mass is 10.1. The molecule has 1 aromatic carbocycles. The Balaban J connectivity index is 2.15. The van der Waals surface area contributed by atoms with Crippen LogP contribution in [0.5, 0.6) is 0 Å². The first-order valence-electron chi connectivity index (χ1n) is 5.85. The Morgan fingerprint density at radius 3 is 3.06 bits per heavy atom. The SMILES string of the molecule is Cc1cc(F)ccc1C(=O)N1CCOC(CCl)C1. The Hall–Kier alpha value is -1.13. The molecule has 0 spiro atoms. The molecular weight excluding hydrogens is 257 g/mol. The second-order valence-corrected chi connectivity index (χ2v) is 4.67. The normalized spacial score (nSPS) is 19.9. The summed E-state index contributed by atoms with van der Waals surface area (Å²) in [5.41, 5.74) is 1.18. The zero-order chi connectivity index (χ0) is 13.1. The van der Waals surface area contributed by atoms with Crippen molar-refractivity contribution in [1.29, 1.82) is 0 Å². The number of rotatable bonds is 2. The van der Waals surface area contributed by atoms with Gasteiger partial charge in [-0.1, -0.05) is 0 Å². The van der Waals surface area contributed by atoms with E-state index in [1.54, 1.807) is 11.8 Å². The van der Waals surface area contributed by atoms with Crippen LogP contribution in [0.15, 0.2) is 18.2 Å². The first-order valence-corrected chi connectivity index (χ1v) is 6.38. The quantitative estimate of drug-likeness (QED) is 0.772. The van der Waals surface area contributed by atoms with Gasteiger partial charge in [0.05, 0.1) is 18.6 Å². The molecule has 5 heteroatoms. The summed E-state index contributed by atoms with van der Waals surface area (Å²) >= 11 is 5.74. The van der Waals surface area contributed by atoms with Crippen LogP contribution in [-0.2, 0) is 4.74 Å². The monoisotopic (exact) mass is 271 g/mol. The van der Waals surface area contributed by atoms with Gasteiger partial charge in [0.1, 0.15) is 5.82 Å². The van der Waals surface area contributed by atoms with Crippen LogP contribution in [0.25, 0.3) is 0 Å². The third-order valence-electron chi connectivity index (χ3n) is 3.02. The molecule has 0 aromatic heterocycles. The van der Waals surface area contributed by atoms with E-state index in [-0.39, 0.29) is 17.8 Å². The summed E-state index contributed by atoms with van der Waals surface area (Å²) < 4.78 is 18.4. The lowest BCUT2D eigenvalue weighted by Gasteiger charge is -2.32. The van der Waals surface area contributed by atoms with Crippen LogP contribution in [0.2, 0.25) is 0 Å². The summed E-state index contributed by atoms with van der Waals surface area (Å²) in [6.07, 6.45) is -0.120. The van der Waals surface area contributed by atoms with Crippen LogP contribution in [0.1, 0.15) is 15.9 Å². The molecule has 0 saturated carbocycles. The van der Waals surface area contributed by atoms with E-state index in [1.807, 2.05) is 0 Å². The lowest BCUT2D eigenvalue weighted by molar-refractivity contribution is -0.0108. The van der Waals surface area contributed by atoms with E-state index in [2.05, 4.69) is 0 Å². The summed E-state index contributed by atoms with van der Waals surface area (Å²) in [5, 5.41) is 0. The molecule has 1 amide bonds. The van der Waals surface area contributed by atoms with Gasteiger partial charge < -0.3 is 9.64 Å². The number of alkyl halides is 1. The molecule has 1 heterocycles. The number of aryl methyl sites for hydroxylation is 1. The number of benzene rings is 1. The maximum absolute atomic E-state index is 13.0. The minimum absolute atomic E-state index is 0.0917. The van der Waals surface area contributed by atoms with Crippen LogP contribution in [0.3, 0.4) is 0 Å². The van der Waals surface area contributed by atoms with E-state index in [4.69, 9.17) is 16.3 Å². The Morgan fingerprint density at radius 2 is 2.39 bits per heavy atom. The minimum atomic E-state index is -0.329. The summed E-state index contributed by atoms with van der Waals surface area (Å²) in [5.74, 6) is -0.0535. The number of hydrogen-bond acceptors (Lipinski definition) is 2. The van der Waals surface area contributed by atoms with Gasteiger partial charge in [-0.2, -0.15) is 0 Å². The summed E-state index contributed by atoms with van der Waals surface area (Å²) in [6.45, 7) is 3.25. The van der Waals surface area contributed by atoms with Crippen molar-refractivity contribution in [3.8, 4) is 0 Å². The fourth-order valence-corrected chi connectivity index (χ4v) is 2.22. The molecule has 2 rings (SSSR count). The molecule has 1 aliphatic rings. The van der Waals surface area contributed by atoms with Gasteiger partial charge in [0, 0.05) is 18.7 Å². The van der Waals surface area contributed by atoms with Crippen LogP contribution in [0.4, 0.5) is 4.39 Å². The summed E-state index contributed by atoms with van der Waals surface area (Å²) in [6, 6.07) is 4.20. The standard InChI is InChI=1S/C13H15ClFNO2/c1-9-6-10(15)2-3-12(9)13(17)16-4-5-18-11(7-14)8-16/h2-3,6,11H,4-5,7-8H2,1H3. The molecule has 1 saturated heterocycles. The largest absolute Gasteiger partial charge is 0.373 e. The molecule has 1 aliphatic heterocycles. The fourth-order valence-electron chi connectivity index (χ4n) is 2.03. The second-order valence-electron chi connectivity index (χ2n) is 4.36. The van der Waals surface area contributed by atoms with Crippen molar-refractivity contribution in [2.24, 2.45) is 0 Å². The molecule has 18 heavy (non-hydrogen) atoms. The van der Waals surface area contributed by atoms with Gasteiger partial charge in [0.15, 0.2) is 0 Å². The number of nitrogens with zero attached hydrogens (tertiary/aromatic N) is 1. The highest BCUT2D eigenvalue weighted by molar-refractivity contribution is 6.18. The zero-order valence-electron chi connectivity index (χ0n) is 10.2. The third-order valence-corrected chi connectivity index (χ3v) is 3.36. The maximum atomic E-state index is 13.0. The van der Waals surface area contributed by atoms with E-state index in [9.17, 15) is 9.18 Å². The molecule has 1 atom stereocenters. The van der Waals surface area contributed by atoms with E-state index in [0.717, 1.165) is 0 Å². The molecule has 0 radical (unpaired) electrons. The summed E-state index contributed by atoms with van der Waals surface area (Å²) in [7, 11) is 0. The van der Waals surface area contributed by atoms with Crippen molar-refractivity contribution in [1.82, 2.24) is 4.90 Å². The average Bonchev–Trinajstić information content (AvgIpc) is 2.38. The summed E-state index contributed by atoms with van der Waals surface area (Å²) in [4.78, 5) is 14.0. The average molecular weight is 272 g/mol. The highest BCUT2D eigenvalue weighted by Crippen LogP contribution is 2.15. The number of ether oxygens (including phenoxy) is 1. The van der Waals surface area contributed by atoms with Crippen molar-refractivity contribution in [3.05, 3.63) is 35.1 Å². The van der Waals surface area contributed by atoms with Gasteiger partial charge in [-0.3, -0.25) is 4.79 Å². The van der Waals surface area contributed by atoms with E-state index in [1.165, 1.54) is 18.2 Å². The van der Waals surface area contributed by atoms with Crippen molar-refractivity contribution >= 4 is 17.5 Å². The van der Waals surface area contributed by atoms with Gasteiger partial charge in [-0.05, 0) is 30.7 Å². The van der Waals surface area contributed by atoms with Crippen molar-refractivity contribution in [2.75, 3.05) is 25.6 Å². The smallest absolute Gasteiger partial charge is 0.254 e. The number of carbonyl (C=O) groups is 1. The first-order chi connectivity index (χ1) is 8.61. The third kappa shape index (κ3) is 2.82. The number of halogens is 2. The Labute approximate surface area is 110 Å². The van der Waals surface area contributed by atoms with Gasteiger partial charge in [-0.15, -0.1) is 11.6 Å². The second kappa shape index (κ2) is 5.67. The van der Waals surface area contributed by atoms with Crippen LogP contribution in [-0.4, -0.2) is 42.5 Å². The number of morpholine rings is 1. The number of hydrogen-bond donors (Lipinski definition) is 0. The molecule has 0 aliphatic carbocycles. The topological polar surface area (TPSA) is 29.5 Å². The lowest BCUT2D eigenvalue weighted by Crippen LogP contribution is -2.46. The van der Waals surface area contributed by atoms with Gasteiger partial charge in [0.2, 0.25) is 0 Å². The van der Waals surface area contributed by atoms with E-state index in [0.29, 0.717) is 36.7 Å². The van der Waals surface area contributed by atoms with Crippen molar-refractivity contribution in [3.63, 3.8) is 0 Å². The Bertz CT molecular complexity index is 453. The highest BCUT2D eigenvalue weighted by Gasteiger charge is 2.25. The highest BCUT2D eigenvalue weighted by atomic mass is 35.5. The van der Waals surface area contributed by atoms with E-state index < -0.39 is 0 Å². The molecule has 98 valence electrons. The Morgan fingerprint density at radius 1 is 1.61 bits per heavy atom. The Kier molecular flexibility index (Phi) is 4.19. The van der Waals surface area contributed by atoms with Gasteiger partial charge in [0.25, 0.3) is 5.91 Å². The first kappa shape index (κ1) is 13.3. The molecule has 3 nitrogen and oxygen atoms in total. The van der Waals surface area contributed by atoms with Gasteiger partial charge in [-0.25, -0.2) is 4.39 Å². The van der Waals surface area contributed by atoms with Crippen molar-refractivity contribution < 1.29 is 13.9 Å². The van der Waals surface area contributed by atoms with Crippen LogP contribution in [0, 0.1) is 12.7 Å². The maximum Gasteiger partial charge on any atom is 0.254 e. The molecule has 1 unspecified atom stereocenters. The van der Waals surface area contributed by atoms with Crippen LogP contribution < -0.4 is 0 Å². The fraction of sp³-hybridized carbons (Fsp3) is 0.462. The predicted molar refractivity (Wildman–Crippen MR) is 67.5 cm³/mol. The molecule has 1 aromatic rings. The predicted octanol–water partition coefficient (Wildman–Crippen LogP) is 2.21. The zero-order valence-corrected chi connectivity index (χ0v) is 10.9. The molecule has 0 bridgehead atoms. The molecular formula is C13H15ClFNO2. The molecule has 1 fully saturated rings. The minimum Gasteiger partial charge on any atom is -0.373 e. The van der Waals surface area contributed by atoms with Crippen LogP contribution >= 0.6 is 11.6 Å². The van der Waals surface area contributed by atoms with Crippen molar-refractivity contribution in [2.45, 2.75) is 13.0 Å². The molecule has 0 N–H and O–H groups in total. The van der Waals surface area contributed by atoms with E-state index >= 15 is 0 Å². The number of carbonyl (C=O) groups excluding carboxylic acids is 1.